The minimum Gasteiger partial charge on any atom is -0.344 e. The molecule has 2 saturated heterocycles. The van der Waals surface area contributed by atoms with Crippen molar-refractivity contribution in [2.75, 3.05) is 19.6 Å². The minimum atomic E-state index is 0.0308. The first kappa shape index (κ1) is 15.1. The Morgan fingerprint density at radius 2 is 2.18 bits per heavy atom. The van der Waals surface area contributed by atoms with Crippen molar-refractivity contribution in [3.8, 4) is 0 Å². The summed E-state index contributed by atoms with van der Waals surface area (Å²) in [6, 6.07) is 0.0308. The second kappa shape index (κ2) is 6.50. The Bertz CT molecular complexity index is 554. The summed E-state index contributed by atoms with van der Waals surface area (Å²) in [5.41, 5.74) is 1.01. The van der Waals surface area contributed by atoms with Gasteiger partial charge in [-0.1, -0.05) is 6.42 Å². The quantitative estimate of drug-likeness (QED) is 0.925. The van der Waals surface area contributed by atoms with Crippen LogP contribution in [0.4, 0.5) is 0 Å². The van der Waals surface area contributed by atoms with Crippen LogP contribution in [-0.4, -0.2) is 51.2 Å². The molecule has 2 amide bonds. The molecule has 3 rings (SSSR count). The molecule has 2 aliphatic heterocycles. The first-order chi connectivity index (χ1) is 10.6. The predicted molar refractivity (Wildman–Crippen MR) is 82.1 cm³/mol. The van der Waals surface area contributed by atoms with Crippen molar-refractivity contribution >= 4 is 11.8 Å². The third-order valence-corrected chi connectivity index (χ3v) is 4.61. The molecule has 6 nitrogen and oxygen atoms in total. The zero-order valence-electron chi connectivity index (χ0n) is 13.2. The van der Waals surface area contributed by atoms with Crippen molar-refractivity contribution in [3.05, 3.63) is 17.7 Å². The summed E-state index contributed by atoms with van der Waals surface area (Å²) in [6.45, 7) is 3.65. The molecule has 0 spiro atoms. The number of rotatable bonds is 3. The molecule has 1 unspecified atom stereocenters. The number of carbonyl (C=O) groups excluding carboxylic acids is 2. The van der Waals surface area contributed by atoms with Crippen LogP contribution in [0.2, 0.25) is 0 Å². The molecule has 2 aliphatic rings. The van der Waals surface area contributed by atoms with Crippen LogP contribution in [0, 0.1) is 6.92 Å². The summed E-state index contributed by atoms with van der Waals surface area (Å²) in [5.74, 6) is 1.03. The summed E-state index contributed by atoms with van der Waals surface area (Å²) >= 11 is 0. The molecule has 1 aromatic heterocycles. The topological polar surface area (TPSA) is 69.3 Å². The molecule has 0 bridgehead atoms. The van der Waals surface area contributed by atoms with Crippen molar-refractivity contribution in [2.45, 2.75) is 51.5 Å². The third-order valence-electron chi connectivity index (χ3n) is 4.61. The third kappa shape index (κ3) is 3.15. The SMILES string of the molecule is Cc1cnc(C2CCCN2C(=O)CN2CCCCCC2=O)[nH]1. The van der Waals surface area contributed by atoms with E-state index in [9.17, 15) is 9.59 Å². The molecular weight excluding hydrogens is 280 g/mol. The first-order valence-corrected chi connectivity index (χ1v) is 8.24. The Labute approximate surface area is 130 Å². The fraction of sp³-hybridized carbons (Fsp3) is 0.688. The Hall–Kier alpha value is -1.85. The first-order valence-electron chi connectivity index (χ1n) is 8.24. The number of aryl methyl sites for hydroxylation is 1. The van der Waals surface area contributed by atoms with Gasteiger partial charge in [-0.15, -0.1) is 0 Å². The van der Waals surface area contributed by atoms with E-state index in [0.717, 1.165) is 50.2 Å². The number of likely N-dealkylation sites (tertiary alicyclic amines) is 2. The number of aromatic amines is 1. The van der Waals surface area contributed by atoms with Gasteiger partial charge >= 0.3 is 0 Å². The van der Waals surface area contributed by atoms with Crippen molar-refractivity contribution in [1.29, 1.82) is 0 Å². The van der Waals surface area contributed by atoms with E-state index >= 15 is 0 Å². The summed E-state index contributed by atoms with van der Waals surface area (Å²) < 4.78 is 0. The number of carbonyl (C=O) groups is 2. The molecule has 22 heavy (non-hydrogen) atoms. The van der Waals surface area contributed by atoms with Gasteiger partial charge in [0, 0.05) is 31.4 Å². The van der Waals surface area contributed by atoms with E-state index in [1.807, 2.05) is 11.8 Å². The predicted octanol–water partition coefficient (Wildman–Crippen LogP) is 1.78. The summed E-state index contributed by atoms with van der Waals surface area (Å²) in [4.78, 5) is 35.9. The van der Waals surface area contributed by atoms with Gasteiger partial charge in [-0.2, -0.15) is 0 Å². The largest absolute Gasteiger partial charge is 0.344 e. The molecule has 120 valence electrons. The standard InChI is InChI=1S/C16H24N4O2/c1-12-10-17-16(18-12)13-6-5-9-20(13)15(22)11-19-8-4-2-3-7-14(19)21/h10,13H,2-9,11H2,1H3,(H,17,18). The van der Waals surface area contributed by atoms with Gasteiger partial charge in [-0.05, 0) is 32.6 Å². The molecule has 0 aliphatic carbocycles. The molecule has 0 aromatic carbocycles. The highest BCUT2D eigenvalue weighted by atomic mass is 16.2. The lowest BCUT2D eigenvalue weighted by atomic mass is 10.2. The zero-order chi connectivity index (χ0) is 15.5. The number of aromatic nitrogens is 2. The van der Waals surface area contributed by atoms with Gasteiger partial charge in [0.15, 0.2) is 0 Å². The van der Waals surface area contributed by atoms with Crippen molar-refractivity contribution < 1.29 is 9.59 Å². The van der Waals surface area contributed by atoms with Crippen LogP contribution < -0.4 is 0 Å². The number of hydrogen-bond acceptors (Lipinski definition) is 3. The van der Waals surface area contributed by atoms with E-state index < -0.39 is 0 Å². The van der Waals surface area contributed by atoms with Gasteiger partial charge in [-0.25, -0.2) is 4.98 Å². The van der Waals surface area contributed by atoms with Gasteiger partial charge < -0.3 is 14.8 Å². The van der Waals surface area contributed by atoms with Gasteiger partial charge in [0.1, 0.15) is 5.82 Å². The highest BCUT2D eigenvalue weighted by Gasteiger charge is 2.33. The fourth-order valence-corrected chi connectivity index (χ4v) is 3.41. The van der Waals surface area contributed by atoms with Crippen LogP contribution in [0.25, 0.3) is 0 Å². The smallest absolute Gasteiger partial charge is 0.242 e. The zero-order valence-corrected chi connectivity index (χ0v) is 13.2. The highest BCUT2D eigenvalue weighted by molar-refractivity contribution is 5.85. The maximum atomic E-state index is 12.7. The molecule has 3 heterocycles. The van der Waals surface area contributed by atoms with Crippen LogP contribution in [0.5, 0.6) is 0 Å². The molecule has 1 atom stereocenters. The van der Waals surface area contributed by atoms with Gasteiger partial charge in [0.25, 0.3) is 0 Å². The van der Waals surface area contributed by atoms with E-state index in [4.69, 9.17) is 0 Å². The van der Waals surface area contributed by atoms with E-state index in [0.29, 0.717) is 13.0 Å². The van der Waals surface area contributed by atoms with Gasteiger partial charge in [0.05, 0.1) is 12.6 Å². The second-order valence-electron chi connectivity index (χ2n) is 6.32. The van der Waals surface area contributed by atoms with E-state index in [1.54, 1.807) is 11.1 Å². The molecule has 0 saturated carbocycles. The van der Waals surface area contributed by atoms with Crippen LogP contribution >= 0.6 is 0 Å². The van der Waals surface area contributed by atoms with Crippen molar-refractivity contribution in [3.63, 3.8) is 0 Å². The molecular formula is C16H24N4O2. The average Bonchev–Trinajstić information content (AvgIpc) is 3.09. The maximum absolute atomic E-state index is 12.7. The molecule has 0 radical (unpaired) electrons. The number of amides is 2. The minimum absolute atomic E-state index is 0.0308. The summed E-state index contributed by atoms with van der Waals surface area (Å²) in [7, 11) is 0. The van der Waals surface area contributed by atoms with Gasteiger partial charge in [-0.3, -0.25) is 9.59 Å². The number of imidazole rings is 1. The lowest BCUT2D eigenvalue weighted by molar-refractivity contribution is -0.140. The maximum Gasteiger partial charge on any atom is 0.242 e. The van der Waals surface area contributed by atoms with Crippen molar-refractivity contribution in [1.82, 2.24) is 19.8 Å². The lowest BCUT2D eigenvalue weighted by Crippen LogP contribution is -2.42. The number of H-pyrrole nitrogens is 1. The van der Waals surface area contributed by atoms with Crippen molar-refractivity contribution in [2.24, 2.45) is 0 Å². The molecule has 2 fully saturated rings. The van der Waals surface area contributed by atoms with Gasteiger partial charge in [0.2, 0.25) is 11.8 Å². The monoisotopic (exact) mass is 304 g/mol. The summed E-state index contributed by atoms with van der Waals surface area (Å²) in [5, 5.41) is 0. The normalized spacial score (nSPS) is 23.0. The Morgan fingerprint density at radius 1 is 1.32 bits per heavy atom. The number of nitrogens with one attached hydrogen (secondary N) is 1. The summed E-state index contributed by atoms with van der Waals surface area (Å²) in [6.07, 6.45) is 7.33. The fourth-order valence-electron chi connectivity index (χ4n) is 3.41. The average molecular weight is 304 g/mol. The van der Waals surface area contributed by atoms with E-state index in [2.05, 4.69) is 9.97 Å². The van der Waals surface area contributed by atoms with Crippen LogP contribution in [0.1, 0.15) is 56.1 Å². The number of nitrogens with zero attached hydrogens (tertiary/aromatic N) is 3. The van der Waals surface area contributed by atoms with E-state index in [1.165, 1.54) is 0 Å². The Balaban J connectivity index is 1.66. The Kier molecular flexibility index (Phi) is 4.45. The highest BCUT2D eigenvalue weighted by Crippen LogP contribution is 2.30. The molecule has 1 N–H and O–H groups in total. The lowest BCUT2D eigenvalue weighted by Gasteiger charge is -2.27. The Morgan fingerprint density at radius 3 is 2.95 bits per heavy atom. The molecule has 6 heteroatoms. The molecule has 1 aromatic rings. The van der Waals surface area contributed by atoms with Crippen LogP contribution in [-0.2, 0) is 9.59 Å². The number of hydrogen-bond donors (Lipinski definition) is 1. The second-order valence-corrected chi connectivity index (χ2v) is 6.32. The van der Waals surface area contributed by atoms with Crippen LogP contribution in [0.3, 0.4) is 0 Å². The van der Waals surface area contributed by atoms with E-state index in [-0.39, 0.29) is 24.4 Å². The van der Waals surface area contributed by atoms with Crippen LogP contribution in [0.15, 0.2) is 6.20 Å².